The normalized spacial score (nSPS) is 13.2. The van der Waals surface area contributed by atoms with Crippen LogP contribution < -0.4 is 10.1 Å². The highest BCUT2D eigenvalue weighted by Gasteiger charge is 2.19. The highest BCUT2D eigenvalue weighted by Crippen LogP contribution is 2.28. The van der Waals surface area contributed by atoms with Gasteiger partial charge in [-0.2, -0.15) is 4.98 Å². The van der Waals surface area contributed by atoms with Gasteiger partial charge in [0, 0.05) is 37.1 Å². The van der Waals surface area contributed by atoms with Crippen molar-refractivity contribution in [3.8, 4) is 28.5 Å². The van der Waals surface area contributed by atoms with Crippen molar-refractivity contribution < 1.29 is 18.4 Å². The molecule has 36 heavy (non-hydrogen) atoms. The summed E-state index contributed by atoms with van der Waals surface area (Å²) >= 11 is 0. The van der Waals surface area contributed by atoms with Crippen LogP contribution in [0.5, 0.6) is 5.75 Å². The molecule has 1 aliphatic heterocycles. The summed E-state index contributed by atoms with van der Waals surface area (Å²) in [6.45, 7) is 0.767. The van der Waals surface area contributed by atoms with E-state index in [2.05, 4.69) is 25.7 Å². The minimum Gasteiger partial charge on any atom is -0.497 e. The first-order valence-electron chi connectivity index (χ1n) is 12.1. The number of rotatable bonds is 8. The van der Waals surface area contributed by atoms with Gasteiger partial charge in [0.05, 0.1) is 12.7 Å². The van der Waals surface area contributed by atoms with Gasteiger partial charge in [-0.15, -0.1) is 10.2 Å². The Morgan fingerprint density at radius 1 is 1.14 bits per heavy atom. The predicted octanol–water partition coefficient (Wildman–Crippen LogP) is 4.83. The van der Waals surface area contributed by atoms with Crippen LogP contribution in [-0.2, 0) is 24.2 Å². The van der Waals surface area contributed by atoms with Gasteiger partial charge in [0.1, 0.15) is 17.4 Å². The Morgan fingerprint density at radius 3 is 2.83 bits per heavy atom. The number of aromatic nitrogens is 5. The van der Waals surface area contributed by atoms with Crippen LogP contribution in [0.2, 0.25) is 0 Å². The van der Waals surface area contributed by atoms with Crippen LogP contribution in [-0.4, -0.2) is 37.9 Å². The van der Waals surface area contributed by atoms with Crippen LogP contribution >= 0.6 is 0 Å². The number of amides is 1. The van der Waals surface area contributed by atoms with Crippen molar-refractivity contribution in [3.63, 3.8) is 0 Å². The molecule has 1 N–H and O–H groups in total. The molecule has 1 amide bonds. The van der Waals surface area contributed by atoms with Crippen molar-refractivity contribution >= 4 is 11.6 Å². The minimum atomic E-state index is -0.392. The molecule has 3 heterocycles. The number of hydrogen-bond donors (Lipinski definition) is 1. The summed E-state index contributed by atoms with van der Waals surface area (Å²) in [5.74, 6) is 2.52. The van der Waals surface area contributed by atoms with Crippen LogP contribution in [0.1, 0.15) is 43.8 Å². The fraction of sp³-hybridized carbons (Fsp3) is 0.346. The first-order chi connectivity index (χ1) is 17.6. The zero-order valence-electron chi connectivity index (χ0n) is 20.0. The van der Waals surface area contributed by atoms with Crippen LogP contribution in [0.15, 0.2) is 47.0 Å². The van der Waals surface area contributed by atoms with E-state index in [-0.39, 0.29) is 12.3 Å². The highest BCUT2D eigenvalue weighted by molar-refractivity contribution is 5.91. The minimum absolute atomic E-state index is 0.178. The van der Waals surface area contributed by atoms with Crippen molar-refractivity contribution in [2.75, 3.05) is 12.4 Å². The zero-order valence-corrected chi connectivity index (χ0v) is 20.0. The third kappa shape index (κ3) is 5.27. The molecular formula is C26H27FN6O3. The molecule has 1 aliphatic rings. The SMILES string of the molecule is COc1ccc(-c2noc(CCCC(=O)Nc3ccc(F)c(-c4nnc5n4CCCCC5)c3)n2)cc1. The molecule has 0 bridgehead atoms. The third-order valence-electron chi connectivity index (χ3n) is 6.21. The molecule has 0 unspecified atom stereocenters. The topological polar surface area (TPSA) is 108 Å². The van der Waals surface area contributed by atoms with Gasteiger partial charge in [-0.25, -0.2) is 4.39 Å². The first-order valence-corrected chi connectivity index (χ1v) is 12.1. The van der Waals surface area contributed by atoms with E-state index in [1.165, 1.54) is 6.07 Å². The summed E-state index contributed by atoms with van der Waals surface area (Å²) in [4.78, 5) is 16.9. The van der Waals surface area contributed by atoms with Gasteiger partial charge >= 0.3 is 0 Å². The second kappa shape index (κ2) is 10.7. The summed E-state index contributed by atoms with van der Waals surface area (Å²) in [7, 11) is 1.61. The van der Waals surface area contributed by atoms with E-state index in [0.717, 1.165) is 49.4 Å². The molecule has 186 valence electrons. The molecular weight excluding hydrogens is 463 g/mol. The Hall–Kier alpha value is -4.08. The number of carbonyl (C=O) groups is 1. The molecule has 0 spiro atoms. The molecule has 0 saturated heterocycles. The largest absolute Gasteiger partial charge is 0.497 e. The van der Waals surface area contributed by atoms with E-state index in [4.69, 9.17) is 9.26 Å². The van der Waals surface area contributed by atoms with E-state index < -0.39 is 5.82 Å². The number of halogens is 1. The first kappa shape index (κ1) is 23.7. The predicted molar refractivity (Wildman–Crippen MR) is 131 cm³/mol. The quantitative estimate of drug-likeness (QED) is 0.377. The molecule has 5 rings (SSSR count). The van der Waals surface area contributed by atoms with Crippen LogP contribution in [0.25, 0.3) is 22.8 Å². The summed E-state index contributed by atoms with van der Waals surface area (Å²) in [5.41, 5.74) is 1.67. The molecule has 0 radical (unpaired) electrons. The second-order valence-corrected chi connectivity index (χ2v) is 8.74. The van der Waals surface area contributed by atoms with Crippen LogP contribution in [0, 0.1) is 5.82 Å². The number of anilines is 1. The Bertz CT molecular complexity index is 1350. The maximum atomic E-state index is 14.7. The fourth-order valence-electron chi connectivity index (χ4n) is 4.30. The van der Waals surface area contributed by atoms with Gasteiger partial charge in [-0.3, -0.25) is 4.79 Å². The molecule has 10 heteroatoms. The van der Waals surface area contributed by atoms with Crippen molar-refractivity contribution in [3.05, 3.63) is 60.0 Å². The smallest absolute Gasteiger partial charge is 0.226 e. The Morgan fingerprint density at radius 2 is 2.00 bits per heavy atom. The number of methoxy groups -OCH3 is 1. The lowest BCUT2D eigenvalue weighted by Crippen LogP contribution is -2.12. The van der Waals surface area contributed by atoms with E-state index in [1.807, 2.05) is 28.8 Å². The number of nitrogens with one attached hydrogen (secondary N) is 1. The van der Waals surface area contributed by atoms with Gasteiger partial charge in [-0.1, -0.05) is 11.6 Å². The van der Waals surface area contributed by atoms with E-state index >= 15 is 0 Å². The molecule has 0 atom stereocenters. The number of fused-ring (bicyclic) bond motifs is 1. The third-order valence-corrected chi connectivity index (χ3v) is 6.21. The number of aryl methyl sites for hydroxylation is 2. The van der Waals surface area contributed by atoms with Gasteiger partial charge < -0.3 is 19.1 Å². The number of nitrogens with zero attached hydrogens (tertiary/aromatic N) is 5. The summed E-state index contributed by atoms with van der Waals surface area (Å²) in [5, 5.41) is 15.4. The number of carbonyl (C=O) groups excluding carboxylic acids is 1. The molecule has 9 nitrogen and oxygen atoms in total. The molecule has 0 saturated carbocycles. The Labute approximate surface area is 207 Å². The van der Waals surface area contributed by atoms with Gasteiger partial charge in [0.2, 0.25) is 17.6 Å². The molecule has 2 aromatic heterocycles. The number of hydrogen-bond acceptors (Lipinski definition) is 7. The van der Waals surface area contributed by atoms with Crippen molar-refractivity contribution in [2.24, 2.45) is 0 Å². The lowest BCUT2D eigenvalue weighted by atomic mass is 10.1. The molecule has 2 aromatic carbocycles. The maximum Gasteiger partial charge on any atom is 0.226 e. The second-order valence-electron chi connectivity index (χ2n) is 8.74. The van der Waals surface area contributed by atoms with Gasteiger partial charge in [-0.05, 0) is 61.7 Å². The fourth-order valence-corrected chi connectivity index (χ4v) is 4.30. The zero-order chi connectivity index (χ0) is 24.9. The van der Waals surface area contributed by atoms with Crippen LogP contribution in [0.4, 0.5) is 10.1 Å². The number of benzene rings is 2. The Kier molecular flexibility index (Phi) is 7.01. The lowest BCUT2D eigenvalue weighted by Gasteiger charge is -2.10. The van der Waals surface area contributed by atoms with Crippen LogP contribution in [0.3, 0.4) is 0 Å². The van der Waals surface area contributed by atoms with Gasteiger partial charge in [0.15, 0.2) is 5.82 Å². The van der Waals surface area contributed by atoms with Crippen molar-refractivity contribution in [2.45, 2.75) is 51.5 Å². The summed E-state index contributed by atoms with van der Waals surface area (Å²) < 4.78 is 27.1. The van der Waals surface area contributed by atoms with Crippen molar-refractivity contribution in [1.82, 2.24) is 24.9 Å². The average molecular weight is 491 g/mol. The molecule has 0 fully saturated rings. The summed E-state index contributed by atoms with van der Waals surface area (Å²) in [6.07, 6.45) is 5.29. The van der Waals surface area contributed by atoms with Crippen molar-refractivity contribution in [1.29, 1.82) is 0 Å². The van der Waals surface area contributed by atoms with Gasteiger partial charge in [0.25, 0.3) is 0 Å². The Balaban J connectivity index is 1.18. The molecule has 4 aromatic rings. The molecule has 0 aliphatic carbocycles. The van der Waals surface area contributed by atoms with E-state index in [0.29, 0.717) is 41.6 Å². The van der Waals surface area contributed by atoms with E-state index in [1.54, 1.807) is 19.2 Å². The standard InChI is InChI=1S/C26H27FN6O3/c1-35-19-12-9-17(10-13-19)25-29-24(36-32-25)8-5-7-23(34)28-18-11-14-21(27)20(16-18)26-31-30-22-6-3-2-4-15-33(22)26/h9-14,16H,2-8,15H2,1H3,(H,28,34). The maximum absolute atomic E-state index is 14.7. The number of ether oxygens (including phenoxy) is 1. The van der Waals surface area contributed by atoms with E-state index in [9.17, 15) is 9.18 Å². The lowest BCUT2D eigenvalue weighted by molar-refractivity contribution is -0.116. The average Bonchev–Trinajstić information content (AvgIpc) is 3.46. The highest BCUT2D eigenvalue weighted by atomic mass is 19.1. The summed E-state index contributed by atoms with van der Waals surface area (Å²) in [6, 6.07) is 11.9. The monoisotopic (exact) mass is 490 g/mol.